The molecule has 0 fully saturated rings. The number of fused-ring (bicyclic) bond motifs is 1. The molecule has 0 unspecified atom stereocenters. The normalized spacial score (nSPS) is 17.3. The van der Waals surface area contributed by atoms with Crippen LogP contribution in [0, 0.1) is 18.3 Å². The Hall–Kier alpha value is -2.52. The third-order valence-electron chi connectivity index (χ3n) is 3.19. The third-order valence-corrected chi connectivity index (χ3v) is 4.12. The zero-order valence-electron chi connectivity index (χ0n) is 10.8. The molecule has 2 aromatic rings. The molecule has 2 heterocycles. The van der Waals surface area contributed by atoms with Crippen LogP contribution in [0.15, 0.2) is 35.7 Å². The van der Waals surface area contributed by atoms with Crippen LogP contribution in [0.25, 0.3) is 0 Å². The van der Waals surface area contributed by atoms with Crippen LogP contribution in [0.4, 0.5) is 5.13 Å². The molecule has 0 amide bonds. The summed E-state index contributed by atoms with van der Waals surface area (Å²) in [5, 5.41) is 9.77. The van der Waals surface area contributed by atoms with Crippen molar-refractivity contribution in [3.63, 3.8) is 0 Å². The quantitative estimate of drug-likeness (QED) is 0.837. The molecular formula is C14H12N4OS. The van der Waals surface area contributed by atoms with Gasteiger partial charge in [0.15, 0.2) is 5.13 Å². The number of aromatic nitrogens is 1. The average molecular weight is 284 g/mol. The van der Waals surface area contributed by atoms with Crippen molar-refractivity contribution in [1.29, 1.82) is 5.26 Å². The van der Waals surface area contributed by atoms with Crippen LogP contribution in [-0.2, 0) is 0 Å². The van der Waals surface area contributed by atoms with Crippen LogP contribution < -0.4 is 16.2 Å². The highest BCUT2D eigenvalue weighted by atomic mass is 32.1. The molecule has 5 nitrogen and oxygen atoms in total. The molecular weight excluding hydrogens is 272 g/mol. The summed E-state index contributed by atoms with van der Waals surface area (Å²) < 4.78 is 5.39. The molecule has 0 spiro atoms. The summed E-state index contributed by atoms with van der Waals surface area (Å²) >= 11 is 1.32. The number of hydrogen-bond donors (Lipinski definition) is 2. The van der Waals surface area contributed by atoms with Crippen molar-refractivity contribution in [3.8, 4) is 11.9 Å². The van der Waals surface area contributed by atoms with Crippen LogP contribution in [-0.4, -0.2) is 4.98 Å². The van der Waals surface area contributed by atoms with Crippen molar-refractivity contribution in [1.82, 2.24) is 4.98 Å². The van der Waals surface area contributed by atoms with Crippen LogP contribution >= 0.6 is 11.3 Å². The molecule has 0 radical (unpaired) electrons. The number of allylic oxidation sites excluding steroid dienone is 1. The zero-order chi connectivity index (χ0) is 14.3. The first-order chi connectivity index (χ1) is 9.60. The number of aryl methyl sites for hydroxylation is 1. The summed E-state index contributed by atoms with van der Waals surface area (Å²) in [6, 6.07) is 10.1. The Morgan fingerprint density at radius 3 is 2.65 bits per heavy atom. The van der Waals surface area contributed by atoms with E-state index in [0.717, 1.165) is 16.0 Å². The maximum Gasteiger partial charge on any atom is 0.238 e. The topological polar surface area (TPSA) is 98.0 Å². The summed E-state index contributed by atoms with van der Waals surface area (Å²) in [5.74, 6) is 0.226. The number of rotatable bonds is 1. The number of benzene rings is 1. The predicted molar refractivity (Wildman–Crippen MR) is 77.0 cm³/mol. The molecule has 1 aromatic carbocycles. The third kappa shape index (κ3) is 1.89. The lowest BCUT2D eigenvalue weighted by molar-refractivity contribution is 0.383. The standard InChI is InChI=1S/C14H12N4OS/c1-7-2-4-8(5-3-7)10-9(6-15)12(16)19-13-11(10)20-14(17)18-13/h2-5,10H,16H2,1H3,(H2,17,18)/t10-/m1/s1. The first-order valence-corrected chi connectivity index (χ1v) is 6.82. The Balaban J connectivity index is 2.19. The first kappa shape index (κ1) is 12.5. The van der Waals surface area contributed by atoms with Crippen molar-refractivity contribution in [3.05, 3.63) is 51.7 Å². The van der Waals surface area contributed by atoms with Crippen LogP contribution in [0.1, 0.15) is 21.9 Å². The van der Waals surface area contributed by atoms with Gasteiger partial charge in [0.1, 0.15) is 11.6 Å². The van der Waals surface area contributed by atoms with Gasteiger partial charge in [-0.05, 0) is 12.5 Å². The van der Waals surface area contributed by atoms with Gasteiger partial charge in [-0.25, -0.2) is 0 Å². The summed E-state index contributed by atoms with van der Waals surface area (Å²) in [7, 11) is 0. The van der Waals surface area contributed by atoms with E-state index in [9.17, 15) is 5.26 Å². The fraction of sp³-hybridized carbons (Fsp3) is 0.143. The molecule has 0 saturated heterocycles. The maximum atomic E-state index is 9.37. The minimum atomic E-state index is -0.265. The Kier molecular flexibility index (Phi) is 2.84. The Bertz CT molecular complexity index is 740. The van der Waals surface area contributed by atoms with Crippen molar-refractivity contribution in [2.24, 2.45) is 5.73 Å². The van der Waals surface area contributed by atoms with Crippen molar-refractivity contribution in [2.45, 2.75) is 12.8 Å². The van der Waals surface area contributed by atoms with E-state index in [2.05, 4.69) is 11.1 Å². The van der Waals surface area contributed by atoms with Crippen molar-refractivity contribution in [2.75, 3.05) is 5.73 Å². The number of nitriles is 1. The Morgan fingerprint density at radius 1 is 1.30 bits per heavy atom. The second-order valence-corrected chi connectivity index (χ2v) is 5.62. The van der Waals surface area contributed by atoms with Gasteiger partial charge in [-0.2, -0.15) is 10.2 Å². The van der Waals surface area contributed by atoms with E-state index < -0.39 is 0 Å². The zero-order valence-corrected chi connectivity index (χ0v) is 11.6. The van der Waals surface area contributed by atoms with E-state index in [1.54, 1.807) is 0 Å². The number of nitrogens with two attached hydrogens (primary N) is 2. The minimum Gasteiger partial charge on any atom is -0.421 e. The monoisotopic (exact) mass is 284 g/mol. The second kappa shape index (κ2) is 4.54. The SMILES string of the molecule is Cc1ccc([C@@H]2C(C#N)=C(N)Oc3nc(N)sc32)cc1. The average Bonchev–Trinajstić information content (AvgIpc) is 2.78. The Labute approximate surface area is 120 Å². The lowest BCUT2D eigenvalue weighted by Gasteiger charge is -2.22. The van der Waals surface area contributed by atoms with Gasteiger partial charge >= 0.3 is 0 Å². The molecule has 1 atom stereocenters. The van der Waals surface area contributed by atoms with Gasteiger partial charge in [0.25, 0.3) is 0 Å². The minimum absolute atomic E-state index is 0.0934. The number of anilines is 1. The van der Waals surface area contributed by atoms with Gasteiger partial charge in [-0.3, -0.25) is 0 Å². The summed E-state index contributed by atoms with van der Waals surface area (Å²) in [6.45, 7) is 2.01. The highest BCUT2D eigenvalue weighted by Crippen LogP contribution is 2.45. The number of hydrogen-bond acceptors (Lipinski definition) is 6. The highest BCUT2D eigenvalue weighted by Gasteiger charge is 2.33. The van der Waals surface area contributed by atoms with Crippen molar-refractivity contribution < 1.29 is 4.74 Å². The van der Waals surface area contributed by atoms with Gasteiger partial charge in [0, 0.05) is 0 Å². The van der Waals surface area contributed by atoms with Crippen LogP contribution in [0.2, 0.25) is 0 Å². The van der Waals surface area contributed by atoms with Crippen LogP contribution in [0.5, 0.6) is 5.88 Å². The maximum absolute atomic E-state index is 9.37. The smallest absolute Gasteiger partial charge is 0.238 e. The number of thiazole rings is 1. The lowest BCUT2D eigenvalue weighted by Crippen LogP contribution is -2.20. The largest absolute Gasteiger partial charge is 0.421 e. The van der Waals surface area contributed by atoms with Crippen molar-refractivity contribution >= 4 is 16.5 Å². The molecule has 0 aliphatic carbocycles. The van der Waals surface area contributed by atoms with Gasteiger partial charge in [0.05, 0.1) is 10.8 Å². The molecule has 1 aliphatic rings. The molecule has 1 aliphatic heterocycles. The van der Waals surface area contributed by atoms with Gasteiger partial charge in [0.2, 0.25) is 11.8 Å². The fourth-order valence-electron chi connectivity index (χ4n) is 2.22. The lowest BCUT2D eigenvalue weighted by atomic mass is 9.89. The van der Waals surface area contributed by atoms with E-state index in [0.29, 0.717) is 16.6 Å². The van der Waals surface area contributed by atoms with Gasteiger partial charge in [-0.15, -0.1) is 0 Å². The van der Waals surface area contributed by atoms with E-state index in [-0.39, 0.29) is 11.8 Å². The molecule has 20 heavy (non-hydrogen) atoms. The molecule has 0 bridgehead atoms. The Morgan fingerprint density at radius 2 is 2.00 bits per heavy atom. The molecule has 100 valence electrons. The fourth-order valence-corrected chi connectivity index (χ4v) is 3.12. The second-order valence-electron chi connectivity index (χ2n) is 4.56. The van der Waals surface area contributed by atoms with E-state index in [1.807, 2.05) is 31.2 Å². The molecule has 3 rings (SSSR count). The summed E-state index contributed by atoms with van der Waals surface area (Å²) in [4.78, 5) is 4.93. The van der Waals surface area contributed by atoms with Gasteiger partial charge in [-0.1, -0.05) is 41.2 Å². The van der Waals surface area contributed by atoms with Gasteiger partial charge < -0.3 is 16.2 Å². The highest BCUT2D eigenvalue weighted by molar-refractivity contribution is 7.15. The number of nitrogen functional groups attached to an aromatic ring is 1. The van der Waals surface area contributed by atoms with E-state index in [1.165, 1.54) is 11.3 Å². The van der Waals surface area contributed by atoms with Crippen LogP contribution in [0.3, 0.4) is 0 Å². The summed E-state index contributed by atoms with van der Waals surface area (Å²) in [5.41, 5.74) is 14.1. The number of nitrogens with zero attached hydrogens (tertiary/aromatic N) is 2. The molecule has 0 saturated carbocycles. The van der Waals surface area contributed by atoms with E-state index >= 15 is 0 Å². The molecule has 6 heteroatoms. The van der Waals surface area contributed by atoms with E-state index in [4.69, 9.17) is 16.2 Å². The molecule has 1 aromatic heterocycles. The number of ether oxygens (including phenoxy) is 1. The summed E-state index contributed by atoms with van der Waals surface area (Å²) in [6.07, 6.45) is 0. The predicted octanol–water partition coefficient (Wildman–Crippen LogP) is 2.25. The first-order valence-electron chi connectivity index (χ1n) is 6.00. The molecule has 4 N–H and O–H groups in total.